The van der Waals surface area contributed by atoms with Crippen molar-refractivity contribution >= 4 is 11.6 Å². The Hall–Kier alpha value is -3.18. The van der Waals surface area contributed by atoms with Crippen molar-refractivity contribution in [2.45, 2.75) is 32.6 Å². The number of amides is 1. The zero-order chi connectivity index (χ0) is 27.0. The Kier molecular flexibility index (Phi) is 9.31. The fourth-order valence-corrected chi connectivity index (χ4v) is 5.27. The van der Waals surface area contributed by atoms with Crippen LogP contribution in [-0.2, 0) is 24.3 Å². The van der Waals surface area contributed by atoms with Crippen molar-refractivity contribution in [3.8, 4) is 0 Å². The van der Waals surface area contributed by atoms with Gasteiger partial charge in [0.25, 0.3) is 5.91 Å². The molecule has 39 heavy (non-hydrogen) atoms. The fraction of sp³-hybridized carbons (Fsp3) is 0.517. The summed E-state index contributed by atoms with van der Waals surface area (Å²) in [6.45, 7) is 10.3. The summed E-state index contributed by atoms with van der Waals surface area (Å²) in [4.78, 5) is 26.3. The summed E-state index contributed by atoms with van der Waals surface area (Å²) in [7, 11) is 0. The third-order valence-corrected chi connectivity index (χ3v) is 7.48. The van der Waals surface area contributed by atoms with Gasteiger partial charge in [-0.2, -0.15) is 0 Å². The van der Waals surface area contributed by atoms with Crippen LogP contribution in [-0.4, -0.2) is 102 Å². The number of anilines is 1. The van der Waals surface area contributed by atoms with Gasteiger partial charge in [-0.3, -0.25) is 14.6 Å². The second kappa shape index (κ2) is 13.3. The predicted molar refractivity (Wildman–Crippen MR) is 147 cm³/mol. The van der Waals surface area contributed by atoms with Crippen LogP contribution in [0.2, 0.25) is 0 Å². The van der Waals surface area contributed by atoms with Gasteiger partial charge in [0.15, 0.2) is 5.69 Å². The molecule has 0 saturated carbocycles. The molecule has 0 spiro atoms. The molecule has 1 N–H and O–H groups in total. The Morgan fingerprint density at radius 1 is 1.00 bits per heavy atom. The van der Waals surface area contributed by atoms with E-state index in [0.29, 0.717) is 44.4 Å². The fourth-order valence-electron chi connectivity index (χ4n) is 5.27. The smallest absolute Gasteiger partial charge is 0.275 e. The Balaban J connectivity index is 1.02. The van der Waals surface area contributed by atoms with Crippen LogP contribution < -0.4 is 4.90 Å². The van der Waals surface area contributed by atoms with Crippen LogP contribution in [0.3, 0.4) is 0 Å². The minimum atomic E-state index is -0.546. The molecule has 2 fully saturated rings. The molecule has 1 unspecified atom stereocenters. The number of piperazine rings is 2. The molecule has 10 heteroatoms. The molecule has 1 aromatic carbocycles. The number of oxazole rings is 1. The van der Waals surface area contributed by atoms with E-state index in [4.69, 9.17) is 13.6 Å². The number of aryl methyl sites for hydroxylation is 1. The summed E-state index contributed by atoms with van der Waals surface area (Å²) in [5.74, 6) is 1.25. The van der Waals surface area contributed by atoms with Crippen molar-refractivity contribution in [1.82, 2.24) is 19.7 Å². The lowest BCUT2D eigenvalue weighted by atomic mass is 10.1. The van der Waals surface area contributed by atoms with Gasteiger partial charge in [-0.1, -0.05) is 25.1 Å². The van der Waals surface area contributed by atoms with E-state index in [-0.39, 0.29) is 12.5 Å². The number of rotatable bonds is 11. The summed E-state index contributed by atoms with van der Waals surface area (Å²) in [6, 6.07) is 12.2. The average Bonchev–Trinajstić information content (AvgIpc) is 3.66. The second-order valence-corrected chi connectivity index (χ2v) is 10.2. The predicted octanol–water partition coefficient (Wildman–Crippen LogP) is 2.49. The third-order valence-electron chi connectivity index (χ3n) is 7.48. The molecule has 1 atom stereocenters. The number of aliphatic hydroxyl groups is 1. The highest BCUT2D eigenvalue weighted by Gasteiger charge is 2.26. The molecule has 1 amide bonds. The Bertz CT molecular complexity index is 1170. The third kappa shape index (κ3) is 7.27. The van der Waals surface area contributed by atoms with Crippen LogP contribution >= 0.6 is 0 Å². The molecule has 0 radical (unpaired) electrons. The number of aromatic nitrogens is 1. The molecular formula is C29H39N5O5. The first-order chi connectivity index (χ1) is 19.1. The summed E-state index contributed by atoms with van der Waals surface area (Å²) in [5.41, 5.74) is 2.98. The van der Waals surface area contributed by atoms with Crippen LogP contribution in [0.5, 0.6) is 0 Å². The summed E-state index contributed by atoms with van der Waals surface area (Å²) < 4.78 is 16.5. The van der Waals surface area contributed by atoms with E-state index in [9.17, 15) is 9.90 Å². The standard InChI is InChI=1S/C29H39N5O5/c1-2-23-6-3-4-8-27(23)33-13-15-34(16-14-33)29(36)26-22-39-28(30-26)19-32-11-9-31(10-12-32)18-24(35)20-37-21-25-7-5-17-38-25/h3-8,17,22,24,35H,2,9-16,18-21H2,1H3. The number of carbonyl (C=O) groups is 1. The van der Waals surface area contributed by atoms with Crippen LogP contribution in [0.1, 0.15) is 34.6 Å². The number of ether oxygens (including phenoxy) is 1. The Morgan fingerprint density at radius 2 is 1.77 bits per heavy atom. The van der Waals surface area contributed by atoms with E-state index < -0.39 is 6.10 Å². The lowest BCUT2D eigenvalue weighted by Gasteiger charge is -2.36. The van der Waals surface area contributed by atoms with Crippen molar-refractivity contribution < 1.29 is 23.5 Å². The molecule has 4 heterocycles. The van der Waals surface area contributed by atoms with Gasteiger partial charge in [0.1, 0.15) is 18.6 Å². The molecule has 2 aliphatic heterocycles. The first-order valence-corrected chi connectivity index (χ1v) is 13.9. The molecule has 10 nitrogen and oxygen atoms in total. The lowest BCUT2D eigenvalue weighted by Crippen LogP contribution is -2.49. The molecule has 2 saturated heterocycles. The lowest BCUT2D eigenvalue weighted by molar-refractivity contribution is -0.00353. The molecule has 2 aromatic heterocycles. The Morgan fingerprint density at radius 3 is 2.51 bits per heavy atom. The van der Waals surface area contributed by atoms with Gasteiger partial charge < -0.3 is 28.5 Å². The number of furan rings is 1. The molecule has 0 aliphatic carbocycles. The highest BCUT2D eigenvalue weighted by Crippen LogP contribution is 2.23. The summed E-state index contributed by atoms with van der Waals surface area (Å²) >= 11 is 0. The van der Waals surface area contributed by atoms with Crippen molar-refractivity contribution in [3.63, 3.8) is 0 Å². The van der Waals surface area contributed by atoms with E-state index in [1.807, 2.05) is 17.0 Å². The number of benzene rings is 1. The maximum Gasteiger partial charge on any atom is 0.275 e. The SMILES string of the molecule is CCc1ccccc1N1CCN(C(=O)c2coc(CN3CCN(CC(O)COCc4ccco4)CC3)n2)CC1. The van der Waals surface area contributed by atoms with E-state index in [2.05, 4.69) is 50.9 Å². The van der Waals surface area contributed by atoms with Gasteiger partial charge in [0.2, 0.25) is 5.89 Å². The number of aliphatic hydroxyl groups excluding tert-OH is 1. The topological polar surface area (TPSA) is 98.7 Å². The van der Waals surface area contributed by atoms with Crippen molar-refractivity contribution in [3.05, 3.63) is 71.8 Å². The van der Waals surface area contributed by atoms with Crippen molar-refractivity contribution in [2.75, 3.05) is 70.4 Å². The van der Waals surface area contributed by atoms with Gasteiger partial charge in [0, 0.05) is 64.6 Å². The van der Waals surface area contributed by atoms with E-state index in [1.165, 1.54) is 17.5 Å². The Labute approximate surface area is 229 Å². The minimum absolute atomic E-state index is 0.0681. The maximum atomic E-state index is 13.1. The summed E-state index contributed by atoms with van der Waals surface area (Å²) in [5, 5.41) is 10.3. The van der Waals surface area contributed by atoms with Crippen LogP contribution in [0.15, 0.2) is 57.8 Å². The normalized spacial score (nSPS) is 18.0. The molecule has 210 valence electrons. The van der Waals surface area contributed by atoms with Crippen LogP contribution in [0.25, 0.3) is 0 Å². The highest BCUT2D eigenvalue weighted by molar-refractivity contribution is 5.92. The first kappa shape index (κ1) is 27.4. The van der Waals surface area contributed by atoms with Gasteiger partial charge in [-0.25, -0.2) is 4.98 Å². The molecule has 2 aliphatic rings. The highest BCUT2D eigenvalue weighted by atomic mass is 16.5. The zero-order valence-corrected chi connectivity index (χ0v) is 22.7. The molecule has 0 bridgehead atoms. The molecule has 5 rings (SSSR count). The quantitative estimate of drug-likeness (QED) is 0.396. The first-order valence-electron chi connectivity index (χ1n) is 13.9. The van der Waals surface area contributed by atoms with Crippen LogP contribution in [0.4, 0.5) is 5.69 Å². The average molecular weight is 538 g/mol. The van der Waals surface area contributed by atoms with Gasteiger partial charge in [0.05, 0.1) is 25.5 Å². The van der Waals surface area contributed by atoms with E-state index in [1.54, 1.807) is 6.26 Å². The minimum Gasteiger partial charge on any atom is -0.467 e. The number of nitrogens with zero attached hydrogens (tertiary/aromatic N) is 5. The van der Waals surface area contributed by atoms with Crippen molar-refractivity contribution in [2.24, 2.45) is 0 Å². The monoisotopic (exact) mass is 537 g/mol. The number of hydrogen-bond acceptors (Lipinski definition) is 9. The van der Waals surface area contributed by atoms with Gasteiger partial charge in [-0.05, 0) is 30.2 Å². The van der Waals surface area contributed by atoms with E-state index in [0.717, 1.165) is 51.4 Å². The van der Waals surface area contributed by atoms with Gasteiger partial charge in [-0.15, -0.1) is 0 Å². The summed E-state index contributed by atoms with van der Waals surface area (Å²) in [6.07, 6.45) is 3.55. The zero-order valence-electron chi connectivity index (χ0n) is 22.7. The van der Waals surface area contributed by atoms with Gasteiger partial charge >= 0.3 is 0 Å². The second-order valence-electron chi connectivity index (χ2n) is 10.2. The number of para-hydroxylation sites is 1. The number of carbonyl (C=O) groups excluding carboxylic acids is 1. The van der Waals surface area contributed by atoms with E-state index >= 15 is 0 Å². The van der Waals surface area contributed by atoms with Crippen LogP contribution in [0, 0.1) is 0 Å². The number of hydrogen-bond donors (Lipinski definition) is 1. The molecule has 3 aromatic rings. The maximum absolute atomic E-state index is 13.1. The van der Waals surface area contributed by atoms with Crippen molar-refractivity contribution in [1.29, 1.82) is 0 Å². The molecular weight excluding hydrogens is 498 g/mol. The largest absolute Gasteiger partial charge is 0.467 e. The number of β-amino-alcohol motifs (C(OH)–C–C–N with tert-alkyl or cyclic N) is 1.